The van der Waals surface area contributed by atoms with Gasteiger partial charge in [-0.05, 0) is 131 Å². The van der Waals surface area contributed by atoms with E-state index in [-0.39, 0.29) is 40.3 Å². The Morgan fingerprint density at radius 3 is 2.51 bits per heavy atom. The van der Waals surface area contributed by atoms with Crippen molar-refractivity contribution in [1.29, 1.82) is 0 Å². The molecule has 0 amide bonds. The van der Waals surface area contributed by atoms with E-state index in [1.165, 1.54) is 29.5 Å². The van der Waals surface area contributed by atoms with E-state index >= 15 is 0 Å². The molecule has 10 atom stereocenters. The molecule has 9 rings (SSSR count). The summed E-state index contributed by atoms with van der Waals surface area (Å²) in [6, 6.07) is 1.92. The molecule has 6 nitrogen and oxygen atoms in total. The predicted octanol–water partition coefficient (Wildman–Crippen LogP) is 8.39. The minimum absolute atomic E-state index is 0.0552. The van der Waals surface area contributed by atoms with Crippen LogP contribution in [0.2, 0.25) is 0 Å². The maximum Gasteiger partial charge on any atom is 0.192 e. The maximum atomic E-state index is 14.8. The number of ketones is 1. The molecule has 7 aliphatic rings. The average molecular weight is 640 g/mol. The van der Waals surface area contributed by atoms with Crippen molar-refractivity contribution in [3.05, 3.63) is 52.2 Å². The third-order valence-electron chi connectivity index (χ3n) is 15.2. The van der Waals surface area contributed by atoms with E-state index in [2.05, 4.69) is 71.8 Å². The fourth-order valence-corrected chi connectivity index (χ4v) is 13.4. The van der Waals surface area contributed by atoms with E-state index < -0.39 is 23.3 Å². The van der Waals surface area contributed by atoms with Crippen molar-refractivity contribution in [2.45, 2.75) is 141 Å². The fourth-order valence-electron chi connectivity index (χ4n) is 13.4. The van der Waals surface area contributed by atoms with Crippen LogP contribution in [0.3, 0.4) is 0 Å². The largest absolute Gasteiger partial charge is 0.388 e. The van der Waals surface area contributed by atoms with Crippen LogP contribution in [0.25, 0.3) is 16.5 Å². The average Bonchev–Trinajstić information content (AvgIpc) is 3.65. The normalized spacial score (nSPS) is 43.5. The Hall–Kier alpha value is -2.25. The molecule has 1 aromatic heterocycles. The van der Waals surface area contributed by atoms with Crippen molar-refractivity contribution in [2.24, 2.45) is 28.6 Å². The summed E-state index contributed by atoms with van der Waals surface area (Å²) >= 11 is 0. The molecule has 1 N–H and O–H groups in total. The van der Waals surface area contributed by atoms with E-state index in [1.807, 2.05) is 6.92 Å². The van der Waals surface area contributed by atoms with Gasteiger partial charge in [0.2, 0.25) is 0 Å². The maximum absolute atomic E-state index is 14.8. The Morgan fingerprint density at radius 2 is 1.81 bits per heavy atom. The third kappa shape index (κ3) is 3.45. The van der Waals surface area contributed by atoms with Crippen LogP contribution >= 0.6 is 0 Å². The summed E-state index contributed by atoms with van der Waals surface area (Å²) in [6.45, 7) is 22.5. The van der Waals surface area contributed by atoms with Crippen molar-refractivity contribution in [3.8, 4) is 0 Å². The highest BCUT2D eigenvalue weighted by Gasteiger charge is 2.69. The molecule has 3 aliphatic heterocycles. The smallest absolute Gasteiger partial charge is 0.192 e. The van der Waals surface area contributed by atoms with Crippen LogP contribution in [0.1, 0.15) is 139 Å². The van der Waals surface area contributed by atoms with Gasteiger partial charge in [0.25, 0.3) is 0 Å². The van der Waals surface area contributed by atoms with Crippen LogP contribution in [-0.4, -0.2) is 46.2 Å². The number of allylic oxidation sites excluding steroid dienone is 1. The van der Waals surface area contributed by atoms with Gasteiger partial charge in [-0.3, -0.25) is 4.79 Å². The molecule has 1 aromatic carbocycles. The van der Waals surface area contributed by atoms with Crippen LogP contribution in [-0.2, 0) is 26.0 Å². The quantitative estimate of drug-likeness (QED) is 0.334. The molecule has 2 saturated carbocycles. The highest BCUT2D eigenvalue weighted by atomic mass is 16.7. The zero-order valence-corrected chi connectivity index (χ0v) is 29.9. The number of nitrogens with zero attached hydrogens (tertiary/aromatic N) is 1. The monoisotopic (exact) mass is 639 g/mol. The van der Waals surface area contributed by atoms with Crippen LogP contribution in [0.4, 0.5) is 0 Å². The van der Waals surface area contributed by atoms with Crippen LogP contribution in [0.15, 0.2) is 24.3 Å². The summed E-state index contributed by atoms with van der Waals surface area (Å²) in [7, 11) is 1.77. The molecule has 2 unspecified atom stereocenters. The molecule has 6 heteroatoms. The van der Waals surface area contributed by atoms with E-state index in [1.54, 1.807) is 7.11 Å². The van der Waals surface area contributed by atoms with Gasteiger partial charge in [-0.2, -0.15) is 0 Å². The number of rotatable bonds is 2. The van der Waals surface area contributed by atoms with Gasteiger partial charge in [-0.25, -0.2) is 0 Å². The third-order valence-corrected chi connectivity index (χ3v) is 15.2. The molecule has 4 heterocycles. The number of ether oxygens (including phenoxy) is 3. The second kappa shape index (κ2) is 9.10. The Balaban J connectivity index is 1.28. The van der Waals surface area contributed by atoms with Gasteiger partial charge >= 0.3 is 0 Å². The topological polar surface area (TPSA) is 69.9 Å². The van der Waals surface area contributed by atoms with Gasteiger partial charge < -0.3 is 23.9 Å². The molecule has 2 aromatic rings. The molecule has 3 fully saturated rings. The van der Waals surface area contributed by atoms with Crippen molar-refractivity contribution in [2.75, 3.05) is 7.11 Å². The molecule has 252 valence electrons. The van der Waals surface area contributed by atoms with Gasteiger partial charge in [0.15, 0.2) is 12.1 Å². The Bertz CT molecular complexity index is 1830. The minimum Gasteiger partial charge on any atom is -0.388 e. The van der Waals surface area contributed by atoms with Crippen molar-refractivity contribution in [1.82, 2.24) is 4.57 Å². The van der Waals surface area contributed by atoms with Gasteiger partial charge in [-0.1, -0.05) is 32.9 Å². The number of hydrogen-bond acceptors (Lipinski definition) is 5. The molecule has 0 spiro atoms. The summed E-state index contributed by atoms with van der Waals surface area (Å²) in [5, 5.41) is 13.4. The van der Waals surface area contributed by atoms with Crippen molar-refractivity contribution in [3.63, 3.8) is 0 Å². The van der Waals surface area contributed by atoms with E-state index in [9.17, 15) is 9.90 Å². The van der Waals surface area contributed by atoms with Crippen molar-refractivity contribution < 1.29 is 24.1 Å². The number of carbonyl (C=O) groups excluding carboxylic acids is 1. The lowest BCUT2D eigenvalue weighted by Crippen LogP contribution is -2.64. The molecule has 0 radical (unpaired) electrons. The Kier molecular flexibility index (Phi) is 5.96. The summed E-state index contributed by atoms with van der Waals surface area (Å²) < 4.78 is 21.3. The molecule has 47 heavy (non-hydrogen) atoms. The lowest BCUT2D eigenvalue weighted by Gasteiger charge is -2.66. The number of methoxy groups -OCH3 is 1. The minimum atomic E-state index is -0.801. The number of aliphatic hydroxyl groups excluding tert-OH is 1. The lowest BCUT2D eigenvalue weighted by molar-refractivity contribution is -0.269. The Labute approximate surface area is 279 Å². The first-order valence-electron chi connectivity index (χ1n) is 18.2. The number of hydrogen-bond donors (Lipinski definition) is 1. The number of aliphatic hydroxyl groups is 1. The Morgan fingerprint density at radius 1 is 1.06 bits per heavy atom. The number of aromatic nitrogens is 1. The summed E-state index contributed by atoms with van der Waals surface area (Å²) in [5.41, 5.74) is 7.46. The number of Topliss-reactive ketones (excluding diaryl/α,β-unsaturated/α-hetero) is 1. The zero-order chi connectivity index (χ0) is 33.4. The van der Waals surface area contributed by atoms with Gasteiger partial charge in [0.1, 0.15) is 6.04 Å². The van der Waals surface area contributed by atoms with E-state index in [0.29, 0.717) is 11.8 Å². The van der Waals surface area contributed by atoms with Crippen LogP contribution in [0, 0.1) is 28.6 Å². The summed E-state index contributed by atoms with van der Waals surface area (Å²) in [5.74, 6) is 0.918. The standard InChI is InChI=1S/C41H53NO5/c1-20(2)32-35(44)30-29-22(25-19-37(3,4)47-38(5,6)31(25)34(29)43)18-23-24-17-21-11-12-26-39(7)15-14-28(45-10)46-27(39)13-16-40(26,8)41(21,9)36(24)42(32)33(23)30/h18-19,21,26-28,31-32,34,43H,1,11-17H2,2-10H3/t21?,26-,27-,28+,31?,32-,34+,39-,40-,41+/m0/s1. The second-order valence-electron chi connectivity index (χ2n) is 18.3. The van der Waals surface area contributed by atoms with Crippen LogP contribution < -0.4 is 0 Å². The van der Waals surface area contributed by atoms with Crippen LogP contribution in [0.5, 0.6) is 0 Å². The molecular weight excluding hydrogens is 586 g/mol. The van der Waals surface area contributed by atoms with Gasteiger partial charge in [0, 0.05) is 35.1 Å². The van der Waals surface area contributed by atoms with Gasteiger partial charge in [-0.15, -0.1) is 0 Å². The van der Waals surface area contributed by atoms with Gasteiger partial charge in [0.05, 0.1) is 34.5 Å². The highest BCUT2D eigenvalue weighted by Crippen LogP contribution is 2.72. The first kappa shape index (κ1) is 30.8. The van der Waals surface area contributed by atoms with Crippen molar-refractivity contribution >= 4 is 22.3 Å². The molecule has 4 aliphatic carbocycles. The predicted molar refractivity (Wildman–Crippen MR) is 183 cm³/mol. The summed E-state index contributed by atoms with van der Waals surface area (Å²) in [6.07, 6.45) is 9.20. The molecule has 1 saturated heterocycles. The first-order valence-corrected chi connectivity index (χ1v) is 18.2. The van der Waals surface area contributed by atoms with E-state index in [4.69, 9.17) is 14.2 Å². The summed E-state index contributed by atoms with van der Waals surface area (Å²) in [4.78, 5) is 14.8. The highest BCUT2D eigenvalue weighted by molar-refractivity contribution is 6.18. The first-order chi connectivity index (χ1) is 22.0. The second-order valence-corrected chi connectivity index (χ2v) is 18.3. The number of fused-ring (bicyclic) bond motifs is 13. The molecule has 0 bridgehead atoms. The number of benzene rings is 1. The zero-order valence-electron chi connectivity index (χ0n) is 29.9. The number of carbonyl (C=O) groups is 1. The lowest BCUT2D eigenvalue weighted by atomic mass is 9.40. The fraction of sp³-hybridized carbons (Fsp3) is 0.683. The van der Waals surface area contributed by atoms with E-state index in [0.717, 1.165) is 65.5 Å². The SMILES string of the molecule is C=C(C)[C@H]1C(=O)c2c3c(cc4c5c(n1c24)[C@@]1(C)C(CC[C@H]2[C@]4(C)CC[C@H](OC)O[C@H]4CC[C@@]21C)C5)C1=CC(C)(C)OC(C)(C)C1[C@@H]3O. The molecular formula is C41H53NO5.